The topological polar surface area (TPSA) is 89.3 Å². The highest BCUT2D eigenvalue weighted by molar-refractivity contribution is 5.94. The van der Waals surface area contributed by atoms with Crippen LogP contribution in [0.1, 0.15) is 16.2 Å². The first-order valence-corrected chi connectivity index (χ1v) is 6.10. The van der Waals surface area contributed by atoms with E-state index >= 15 is 0 Å². The van der Waals surface area contributed by atoms with Crippen molar-refractivity contribution in [3.8, 4) is 5.75 Å². The molecule has 0 aliphatic carbocycles. The van der Waals surface area contributed by atoms with Gasteiger partial charge in [-0.2, -0.15) is 5.10 Å². The Morgan fingerprint density at radius 2 is 2.30 bits per heavy atom. The number of carbonyl (C=O) groups is 1. The number of carboxylic acid groups (broad SMARTS) is 1. The molecular formula is C13H16N4O3. The molecule has 1 heterocycles. The zero-order chi connectivity index (χ0) is 14.5. The molecule has 0 saturated heterocycles. The highest BCUT2D eigenvalue weighted by Crippen LogP contribution is 2.22. The van der Waals surface area contributed by atoms with Crippen molar-refractivity contribution in [3.05, 3.63) is 35.9 Å². The van der Waals surface area contributed by atoms with Gasteiger partial charge in [-0.25, -0.2) is 9.78 Å². The first kappa shape index (κ1) is 13.9. The third-order valence-electron chi connectivity index (χ3n) is 2.77. The average molecular weight is 276 g/mol. The van der Waals surface area contributed by atoms with E-state index in [1.807, 2.05) is 0 Å². The van der Waals surface area contributed by atoms with Gasteiger partial charge in [0.15, 0.2) is 5.82 Å². The van der Waals surface area contributed by atoms with E-state index in [2.05, 4.69) is 15.4 Å². The van der Waals surface area contributed by atoms with Crippen LogP contribution in [0.4, 0.5) is 5.69 Å². The molecule has 0 saturated carbocycles. The van der Waals surface area contributed by atoms with Gasteiger partial charge in [0.05, 0.1) is 18.4 Å². The highest BCUT2D eigenvalue weighted by Gasteiger charge is 2.11. The molecule has 0 amide bonds. The Labute approximate surface area is 116 Å². The number of carboxylic acids is 1. The van der Waals surface area contributed by atoms with Crippen LogP contribution in [0.25, 0.3) is 0 Å². The van der Waals surface area contributed by atoms with E-state index in [0.29, 0.717) is 30.2 Å². The molecule has 2 aromatic rings. The molecule has 0 aliphatic rings. The van der Waals surface area contributed by atoms with Gasteiger partial charge < -0.3 is 15.2 Å². The Morgan fingerprint density at radius 1 is 1.50 bits per heavy atom. The Kier molecular flexibility index (Phi) is 4.19. The first-order chi connectivity index (χ1) is 9.60. The molecule has 2 N–H and O–H groups in total. The van der Waals surface area contributed by atoms with Gasteiger partial charge >= 0.3 is 5.97 Å². The van der Waals surface area contributed by atoms with Gasteiger partial charge in [0.1, 0.15) is 12.1 Å². The maximum absolute atomic E-state index is 11.1. The van der Waals surface area contributed by atoms with Gasteiger partial charge in [0.2, 0.25) is 0 Å². The fourth-order valence-corrected chi connectivity index (χ4v) is 1.79. The summed E-state index contributed by atoms with van der Waals surface area (Å²) in [7, 11) is 3.34. The smallest absolute Gasteiger partial charge is 0.337 e. The molecular weight excluding hydrogens is 260 g/mol. The molecule has 2 rings (SSSR count). The summed E-state index contributed by atoms with van der Waals surface area (Å²) in [6.45, 7) is 0.539. The second-order valence-electron chi connectivity index (χ2n) is 4.23. The molecule has 0 unspecified atom stereocenters. The lowest BCUT2D eigenvalue weighted by molar-refractivity contribution is 0.0698. The van der Waals surface area contributed by atoms with E-state index in [4.69, 9.17) is 9.84 Å². The molecule has 0 atom stereocenters. The molecule has 0 bridgehead atoms. The zero-order valence-electron chi connectivity index (χ0n) is 11.3. The highest BCUT2D eigenvalue weighted by atomic mass is 16.5. The maximum atomic E-state index is 11.1. The predicted molar refractivity (Wildman–Crippen MR) is 73.2 cm³/mol. The molecule has 0 radical (unpaired) electrons. The van der Waals surface area contributed by atoms with Crippen LogP contribution in [0.2, 0.25) is 0 Å². The summed E-state index contributed by atoms with van der Waals surface area (Å²) in [6, 6.07) is 4.80. The van der Waals surface area contributed by atoms with Crippen molar-refractivity contribution in [2.45, 2.75) is 6.42 Å². The van der Waals surface area contributed by atoms with Crippen molar-refractivity contribution in [2.75, 3.05) is 19.0 Å². The molecule has 7 heteroatoms. The van der Waals surface area contributed by atoms with Crippen LogP contribution in [0, 0.1) is 0 Å². The SMILES string of the molecule is COc1ccc(C(=O)O)c(NCCc2ncn(C)n2)c1. The predicted octanol–water partition coefficient (Wildman–Crippen LogP) is 1.18. The Morgan fingerprint density at radius 3 is 2.90 bits per heavy atom. The summed E-state index contributed by atoms with van der Waals surface area (Å²) in [5, 5.41) is 16.4. The number of hydrogen-bond donors (Lipinski definition) is 2. The first-order valence-electron chi connectivity index (χ1n) is 6.10. The molecule has 1 aromatic heterocycles. The van der Waals surface area contributed by atoms with E-state index in [9.17, 15) is 4.79 Å². The minimum atomic E-state index is -0.980. The number of nitrogens with zero attached hydrogens (tertiary/aromatic N) is 3. The van der Waals surface area contributed by atoms with Crippen molar-refractivity contribution < 1.29 is 14.6 Å². The number of aryl methyl sites for hydroxylation is 1. The van der Waals surface area contributed by atoms with Crippen LogP contribution >= 0.6 is 0 Å². The monoisotopic (exact) mass is 276 g/mol. The molecule has 0 aliphatic heterocycles. The van der Waals surface area contributed by atoms with Crippen molar-refractivity contribution in [2.24, 2.45) is 7.05 Å². The normalized spacial score (nSPS) is 10.3. The lowest BCUT2D eigenvalue weighted by Gasteiger charge is -2.10. The van der Waals surface area contributed by atoms with Crippen molar-refractivity contribution in [3.63, 3.8) is 0 Å². The largest absolute Gasteiger partial charge is 0.497 e. The summed E-state index contributed by atoms with van der Waals surface area (Å²) >= 11 is 0. The Hall–Kier alpha value is -2.57. The van der Waals surface area contributed by atoms with Gasteiger partial charge in [0, 0.05) is 26.1 Å². The number of hydrogen-bond acceptors (Lipinski definition) is 5. The third-order valence-corrected chi connectivity index (χ3v) is 2.77. The lowest BCUT2D eigenvalue weighted by Crippen LogP contribution is -2.10. The molecule has 0 spiro atoms. The van der Waals surface area contributed by atoms with E-state index in [1.54, 1.807) is 30.2 Å². The standard InChI is InChI=1S/C13H16N4O3/c1-17-8-15-12(16-17)5-6-14-11-7-9(20-2)3-4-10(11)13(18)19/h3-4,7-8,14H,5-6H2,1-2H3,(H,18,19). The minimum absolute atomic E-state index is 0.208. The fourth-order valence-electron chi connectivity index (χ4n) is 1.79. The van der Waals surface area contributed by atoms with Crippen LogP contribution in [-0.2, 0) is 13.5 Å². The maximum Gasteiger partial charge on any atom is 0.337 e. The summed E-state index contributed by atoms with van der Waals surface area (Å²) in [6.07, 6.45) is 2.24. The van der Waals surface area contributed by atoms with Gasteiger partial charge in [-0.15, -0.1) is 0 Å². The third kappa shape index (κ3) is 3.25. The molecule has 0 fully saturated rings. The fraction of sp³-hybridized carbons (Fsp3) is 0.308. The lowest BCUT2D eigenvalue weighted by atomic mass is 10.1. The second-order valence-corrected chi connectivity index (χ2v) is 4.23. The molecule has 1 aromatic carbocycles. The quantitative estimate of drug-likeness (QED) is 0.823. The van der Waals surface area contributed by atoms with Crippen molar-refractivity contribution in [1.29, 1.82) is 0 Å². The second kappa shape index (κ2) is 6.05. The summed E-state index contributed by atoms with van der Waals surface area (Å²) in [5.41, 5.74) is 0.729. The molecule has 106 valence electrons. The average Bonchev–Trinajstić information content (AvgIpc) is 2.84. The van der Waals surface area contributed by atoms with E-state index in [0.717, 1.165) is 0 Å². The van der Waals surface area contributed by atoms with Crippen LogP contribution in [-0.4, -0.2) is 39.5 Å². The minimum Gasteiger partial charge on any atom is -0.497 e. The van der Waals surface area contributed by atoms with Crippen molar-refractivity contribution in [1.82, 2.24) is 14.8 Å². The number of methoxy groups -OCH3 is 1. The van der Waals surface area contributed by atoms with Gasteiger partial charge in [-0.1, -0.05) is 0 Å². The Balaban J connectivity index is 2.05. The van der Waals surface area contributed by atoms with Crippen LogP contribution < -0.4 is 10.1 Å². The summed E-state index contributed by atoms with van der Waals surface area (Å²) in [4.78, 5) is 15.3. The number of rotatable bonds is 6. The number of anilines is 1. The van der Waals surface area contributed by atoms with Crippen LogP contribution in [0.5, 0.6) is 5.75 Å². The van der Waals surface area contributed by atoms with E-state index in [1.165, 1.54) is 13.2 Å². The molecule has 7 nitrogen and oxygen atoms in total. The van der Waals surface area contributed by atoms with Crippen LogP contribution in [0.3, 0.4) is 0 Å². The van der Waals surface area contributed by atoms with Gasteiger partial charge in [-0.05, 0) is 12.1 Å². The molecule has 20 heavy (non-hydrogen) atoms. The number of aromatic nitrogens is 3. The van der Waals surface area contributed by atoms with E-state index in [-0.39, 0.29) is 5.56 Å². The number of benzene rings is 1. The van der Waals surface area contributed by atoms with Gasteiger partial charge in [0.25, 0.3) is 0 Å². The van der Waals surface area contributed by atoms with Crippen molar-refractivity contribution >= 4 is 11.7 Å². The number of ether oxygens (including phenoxy) is 1. The van der Waals surface area contributed by atoms with Crippen LogP contribution in [0.15, 0.2) is 24.5 Å². The summed E-state index contributed by atoms with van der Waals surface area (Å²) < 4.78 is 6.73. The van der Waals surface area contributed by atoms with E-state index < -0.39 is 5.97 Å². The Bertz CT molecular complexity index is 609. The van der Waals surface area contributed by atoms with Gasteiger partial charge in [-0.3, -0.25) is 4.68 Å². The zero-order valence-corrected chi connectivity index (χ0v) is 11.3. The summed E-state index contributed by atoms with van der Waals surface area (Å²) in [5.74, 6) is 0.333. The number of aromatic carboxylic acids is 1. The number of nitrogens with one attached hydrogen (secondary N) is 1.